The summed E-state index contributed by atoms with van der Waals surface area (Å²) in [4.78, 5) is 19.3. The van der Waals surface area contributed by atoms with Crippen molar-refractivity contribution < 1.29 is 9.53 Å². The highest BCUT2D eigenvalue weighted by atomic mass is 16.5. The summed E-state index contributed by atoms with van der Waals surface area (Å²) in [5.41, 5.74) is 1.17. The molecule has 0 aliphatic heterocycles. The van der Waals surface area contributed by atoms with Crippen LogP contribution in [0.3, 0.4) is 0 Å². The average Bonchev–Trinajstić information content (AvgIpc) is 2.75. The van der Waals surface area contributed by atoms with E-state index in [0.717, 1.165) is 5.56 Å². The minimum atomic E-state index is -0.516. The Morgan fingerprint density at radius 3 is 2.81 bits per heavy atom. The molecule has 82 valence electrons. The summed E-state index contributed by atoms with van der Waals surface area (Å²) in [7, 11) is 1.30. The second-order valence-corrected chi connectivity index (χ2v) is 3.22. The zero-order valence-electron chi connectivity index (χ0n) is 8.91. The number of carbonyl (C=O) groups excluding carboxylic acids is 1. The van der Waals surface area contributed by atoms with Crippen molar-refractivity contribution >= 4 is 5.97 Å². The monoisotopic (exact) mass is 218 g/mol. The summed E-state index contributed by atoms with van der Waals surface area (Å²) < 4.78 is 6.11. The fraction of sp³-hybridized carbons (Fsp3) is 0.200. The van der Waals surface area contributed by atoms with E-state index in [-0.39, 0.29) is 5.69 Å². The molecule has 0 N–H and O–H groups in total. The van der Waals surface area contributed by atoms with Crippen molar-refractivity contribution in [2.45, 2.75) is 6.92 Å². The second kappa shape index (κ2) is 4.09. The Hall–Kier alpha value is -2.24. The molecule has 16 heavy (non-hydrogen) atoms. The predicted octanol–water partition coefficient (Wildman–Crippen LogP) is 0.757. The summed E-state index contributed by atoms with van der Waals surface area (Å²) in [6.45, 7) is 1.92. The van der Waals surface area contributed by atoms with Gasteiger partial charge < -0.3 is 4.74 Å². The van der Waals surface area contributed by atoms with Gasteiger partial charge in [0.05, 0.1) is 25.7 Å². The largest absolute Gasteiger partial charge is 0.464 e. The van der Waals surface area contributed by atoms with Gasteiger partial charge in [-0.25, -0.2) is 14.5 Å². The summed E-state index contributed by atoms with van der Waals surface area (Å²) in [5.74, 6) is -0.0331. The smallest absolute Gasteiger partial charge is 0.358 e. The van der Waals surface area contributed by atoms with Gasteiger partial charge in [0.2, 0.25) is 0 Å². The molecular weight excluding hydrogens is 208 g/mol. The zero-order chi connectivity index (χ0) is 11.5. The molecule has 0 saturated heterocycles. The summed E-state index contributed by atoms with van der Waals surface area (Å²) in [5, 5.41) is 4.07. The van der Waals surface area contributed by atoms with Crippen LogP contribution in [0.4, 0.5) is 0 Å². The highest BCUT2D eigenvalue weighted by molar-refractivity contribution is 5.86. The first-order valence-corrected chi connectivity index (χ1v) is 4.62. The second-order valence-electron chi connectivity index (χ2n) is 3.22. The summed E-state index contributed by atoms with van der Waals surface area (Å²) >= 11 is 0. The molecule has 2 aromatic heterocycles. The number of rotatable bonds is 2. The number of aromatic nitrogens is 4. The lowest BCUT2D eigenvalue weighted by molar-refractivity contribution is 0.0593. The molecule has 0 radical (unpaired) electrons. The van der Waals surface area contributed by atoms with Gasteiger partial charge in [-0.3, -0.25) is 4.98 Å². The van der Waals surface area contributed by atoms with Crippen molar-refractivity contribution in [1.29, 1.82) is 0 Å². The van der Waals surface area contributed by atoms with E-state index in [1.807, 2.05) is 6.92 Å². The Labute approximate surface area is 91.9 Å². The van der Waals surface area contributed by atoms with Gasteiger partial charge in [-0.2, -0.15) is 5.10 Å². The van der Waals surface area contributed by atoms with Crippen LogP contribution in [0.15, 0.2) is 24.8 Å². The molecule has 0 aliphatic carbocycles. The van der Waals surface area contributed by atoms with Crippen LogP contribution in [0, 0.1) is 6.92 Å². The SMILES string of the molecule is COC(=O)c1cncc(-n2cc(C)cn2)n1. The molecule has 6 nitrogen and oxygen atoms in total. The molecule has 0 aromatic carbocycles. The van der Waals surface area contributed by atoms with Crippen LogP contribution in [0.1, 0.15) is 16.1 Å². The quantitative estimate of drug-likeness (QED) is 0.696. The van der Waals surface area contributed by atoms with Gasteiger partial charge in [0, 0.05) is 6.20 Å². The molecule has 0 unspecified atom stereocenters. The van der Waals surface area contributed by atoms with Gasteiger partial charge in [0.1, 0.15) is 0 Å². The molecular formula is C10H10N4O2. The average molecular weight is 218 g/mol. The maximum atomic E-state index is 11.2. The number of ether oxygens (including phenoxy) is 1. The van der Waals surface area contributed by atoms with Crippen molar-refractivity contribution in [3.63, 3.8) is 0 Å². The van der Waals surface area contributed by atoms with Crippen LogP contribution in [0.25, 0.3) is 5.82 Å². The first kappa shape index (κ1) is 10.3. The molecule has 2 aromatic rings. The van der Waals surface area contributed by atoms with E-state index >= 15 is 0 Å². The highest BCUT2D eigenvalue weighted by Gasteiger charge is 2.09. The third-order valence-corrected chi connectivity index (χ3v) is 1.96. The summed E-state index contributed by atoms with van der Waals surface area (Å²) in [6.07, 6.45) is 6.38. The number of esters is 1. The Balaban J connectivity index is 2.39. The van der Waals surface area contributed by atoms with E-state index in [4.69, 9.17) is 0 Å². The molecule has 2 rings (SSSR count). The third kappa shape index (κ3) is 1.90. The van der Waals surface area contributed by atoms with E-state index in [9.17, 15) is 4.79 Å². The van der Waals surface area contributed by atoms with Crippen molar-refractivity contribution in [2.24, 2.45) is 0 Å². The molecule has 0 spiro atoms. The maximum Gasteiger partial charge on any atom is 0.358 e. The Bertz CT molecular complexity index is 521. The zero-order valence-corrected chi connectivity index (χ0v) is 8.91. The molecule has 0 aliphatic rings. The first-order chi connectivity index (χ1) is 7.70. The van der Waals surface area contributed by atoms with Crippen molar-refractivity contribution in [1.82, 2.24) is 19.7 Å². The normalized spacial score (nSPS) is 10.1. The number of aryl methyl sites for hydroxylation is 1. The van der Waals surface area contributed by atoms with Crippen LogP contribution in [0.2, 0.25) is 0 Å². The third-order valence-electron chi connectivity index (χ3n) is 1.96. The molecule has 0 saturated carbocycles. The van der Waals surface area contributed by atoms with Gasteiger partial charge in [-0.05, 0) is 12.5 Å². The Morgan fingerprint density at radius 2 is 2.19 bits per heavy atom. The van der Waals surface area contributed by atoms with E-state index in [1.165, 1.54) is 19.5 Å². The standard InChI is InChI=1S/C10H10N4O2/c1-7-3-12-14(6-7)9-5-11-4-8(13-9)10(15)16-2/h3-6H,1-2H3. The highest BCUT2D eigenvalue weighted by Crippen LogP contribution is 2.05. The van der Waals surface area contributed by atoms with Crippen molar-refractivity contribution in [3.05, 3.63) is 36.0 Å². The topological polar surface area (TPSA) is 69.9 Å². The number of carbonyl (C=O) groups is 1. The predicted molar refractivity (Wildman–Crippen MR) is 55.2 cm³/mol. The van der Waals surface area contributed by atoms with E-state index in [1.54, 1.807) is 17.1 Å². The molecule has 6 heteroatoms. The van der Waals surface area contributed by atoms with Crippen molar-refractivity contribution in [3.8, 4) is 5.82 Å². The molecule has 0 bridgehead atoms. The van der Waals surface area contributed by atoms with Crippen LogP contribution >= 0.6 is 0 Å². The van der Waals surface area contributed by atoms with Gasteiger partial charge in [0.15, 0.2) is 11.5 Å². The number of methoxy groups -OCH3 is 1. The van der Waals surface area contributed by atoms with E-state index in [2.05, 4.69) is 19.8 Å². The number of nitrogens with zero attached hydrogens (tertiary/aromatic N) is 4. The minimum Gasteiger partial charge on any atom is -0.464 e. The summed E-state index contributed by atoms with van der Waals surface area (Å²) in [6, 6.07) is 0. The maximum absolute atomic E-state index is 11.2. The molecule has 2 heterocycles. The Kier molecular flexibility index (Phi) is 2.63. The lowest BCUT2D eigenvalue weighted by Crippen LogP contribution is -2.08. The Morgan fingerprint density at radius 1 is 1.38 bits per heavy atom. The van der Waals surface area contributed by atoms with Crippen LogP contribution < -0.4 is 0 Å². The fourth-order valence-electron chi connectivity index (χ4n) is 1.21. The fourth-order valence-corrected chi connectivity index (χ4v) is 1.21. The lowest BCUT2D eigenvalue weighted by atomic mass is 10.4. The molecule has 0 fully saturated rings. The first-order valence-electron chi connectivity index (χ1n) is 4.62. The van der Waals surface area contributed by atoms with Crippen molar-refractivity contribution in [2.75, 3.05) is 7.11 Å². The van der Waals surface area contributed by atoms with Gasteiger partial charge in [0.25, 0.3) is 0 Å². The van der Waals surface area contributed by atoms with Crippen LogP contribution in [-0.2, 0) is 4.74 Å². The number of hydrogen-bond acceptors (Lipinski definition) is 5. The van der Waals surface area contributed by atoms with E-state index < -0.39 is 5.97 Å². The minimum absolute atomic E-state index is 0.160. The number of hydrogen-bond donors (Lipinski definition) is 0. The van der Waals surface area contributed by atoms with Crippen LogP contribution in [-0.4, -0.2) is 32.8 Å². The molecule has 0 atom stereocenters. The lowest BCUT2D eigenvalue weighted by Gasteiger charge is -2.01. The van der Waals surface area contributed by atoms with Gasteiger partial charge in [-0.1, -0.05) is 0 Å². The molecule has 0 amide bonds. The van der Waals surface area contributed by atoms with E-state index in [0.29, 0.717) is 5.82 Å². The van der Waals surface area contributed by atoms with Crippen LogP contribution in [0.5, 0.6) is 0 Å². The van der Waals surface area contributed by atoms with Gasteiger partial charge >= 0.3 is 5.97 Å². The van der Waals surface area contributed by atoms with Gasteiger partial charge in [-0.15, -0.1) is 0 Å².